The van der Waals surface area contributed by atoms with Crippen LogP contribution in [0.5, 0.6) is 0 Å². The van der Waals surface area contributed by atoms with E-state index in [2.05, 4.69) is 10.6 Å². The zero-order valence-corrected chi connectivity index (χ0v) is 13.4. The molecule has 1 aromatic heterocycles. The van der Waals surface area contributed by atoms with Crippen LogP contribution in [0.2, 0.25) is 0 Å². The fourth-order valence-electron chi connectivity index (χ4n) is 1.90. The van der Waals surface area contributed by atoms with Gasteiger partial charge in [-0.1, -0.05) is 6.07 Å². The molecule has 2 rings (SSSR count). The first-order valence-electron chi connectivity index (χ1n) is 6.97. The van der Waals surface area contributed by atoms with E-state index in [-0.39, 0.29) is 11.8 Å². The lowest BCUT2D eigenvalue weighted by atomic mass is 10.2. The minimum Gasteiger partial charge on any atom is -0.340 e. The summed E-state index contributed by atoms with van der Waals surface area (Å²) in [5.41, 5.74) is 1.28. The second-order valence-corrected chi connectivity index (χ2v) is 5.79. The Morgan fingerprint density at radius 1 is 1.18 bits per heavy atom. The number of anilines is 1. The smallest absolute Gasteiger partial charge is 0.265 e. The van der Waals surface area contributed by atoms with Gasteiger partial charge in [-0.05, 0) is 42.8 Å². The number of nitrogens with zero attached hydrogens (tertiary/aromatic N) is 1. The largest absolute Gasteiger partial charge is 0.340 e. The monoisotopic (exact) mass is 317 g/mol. The van der Waals surface area contributed by atoms with E-state index in [1.54, 1.807) is 42.3 Å². The third kappa shape index (κ3) is 4.16. The van der Waals surface area contributed by atoms with Crippen molar-refractivity contribution in [3.63, 3.8) is 0 Å². The van der Waals surface area contributed by atoms with Gasteiger partial charge in [-0.15, -0.1) is 11.3 Å². The molecule has 0 radical (unpaired) electrons. The van der Waals surface area contributed by atoms with Crippen LogP contribution in [0.4, 0.5) is 5.69 Å². The van der Waals surface area contributed by atoms with E-state index in [1.807, 2.05) is 18.5 Å². The predicted octanol–water partition coefficient (Wildman–Crippen LogP) is 2.29. The van der Waals surface area contributed by atoms with Crippen LogP contribution < -0.4 is 10.6 Å². The van der Waals surface area contributed by atoms with Crippen molar-refractivity contribution < 1.29 is 9.59 Å². The Kier molecular flexibility index (Phi) is 5.68. The molecule has 0 saturated carbocycles. The number of rotatable bonds is 6. The van der Waals surface area contributed by atoms with Gasteiger partial charge in [0, 0.05) is 31.4 Å². The molecular weight excluding hydrogens is 298 g/mol. The number of likely N-dealkylation sites (N-methyl/N-ethyl adjacent to an activating group) is 2. The highest BCUT2D eigenvalue weighted by molar-refractivity contribution is 7.12. The number of benzene rings is 1. The van der Waals surface area contributed by atoms with E-state index in [1.165, 1.54) is 11.3 Å². The van der Waals surface area contributed by atoms with Gasteiger partial charge in [-0.3, -0.25) is 9.59 Å². The summed E-state index contributed by atoms with van der Waals surface area (Å²) in [6.07, 6.45) is 0. The first-order chi connectivity index (χ1) is 10.6. The molecule has 0 spiro atoms. The van der Waals surface area contributed by atoms with Gasteiger partial charge in [0.1, 0.15) is 0 Å². The van der Waals surface area contributed by atoms with Crippen molar-refractivity contribution in [2.45, 2.75) is 0 Å². The first kappa shape index (κ1) is 16.2. The van der Waals surface area contributed by atoms with Crippen molar-refractivity contribution in [1.29, 1.82) is 0 Å². The molecule has 6 heteroatoms. The molecule has 1 heterocycles. The normalized spacial score (nSPS) is 10.3. The average molecular weight is 317 g/mol. The lowest BCUT2D eigenvalue weighted by Crippen LogP contribution is -2.32. The second-order valence-electron chi connectivity index (χ2n) is 4.84. The standard InChI is InChI=1S/C16H19N3O2S/c1-17-9-10-19(2)16(21)12-5-7-13(8-6-12)18-15(20)14-4-3-11-22-14/h3-8,11,17H,9-10H2,1-2H3,(H,18,20). The van der Waals surface area contributed by atoms with Crippen LogP contribution in [0, 0.1) is 0 Å². The molecule has 2 N–H and O–H groups in total. The Morgan fingerprint density at radius 2 is 1.91 bits per heavy atom. The highest BCUT2D eigenvalue weighted by Gasteiger charge is 2.12. The molecule has 0 aliphatic rings. The summed E-state index contributed by atoms with van der Waals surface area (Å²) in [4.78, 5) is 26.4. The first-order valence-corrected chi connectivity index (χ1v) is 7.85. The van der Waals surface area contributed by atoms with Gasteiger partial charge in [0.2, 0.25) is 0 Å². The van der Waals surface area contributed by atoms with Crippen molar-refractivity contribution in [2.75, 3.05) is 32.5 Å². The molecule has 0 fully saturated rings. The molecule has 0 aliphatic heterocycles. The Labute approximate surface area is 134 Å². The number of carbonyl (C=O) groups is 2. The Bertz CT molecular complexity index is 623. The van der Waals surface area contributed by atoms with Gasteiger partial charge in [-0.2, -0.15) is 0 Å². The third-order valence-corrected chi connectivity index (χ3v) is 4.05. The minimum atomic E-state index is -0.139. The van der Waals surface area contributed by atoms with Crippen LogP contribution in [0.1, 0.15) is 20.0 Å². The highest BCUT2D eigenvalue weighted by Crippen LogP contribution is 2.15. The van der Waals surface area contributed by atoms with Crippen molar-refractivity contribution in [3.05, 3.63) is 52.2 Å². The van der Waals surface area contributed by atoms with Gasteiger partial charge in [0.15, 0.2) is 0 Å². The van der Waals surface area contributed by atoms with Crippen LogP contribution in [0.25, 0.3) is 0 Å². The zero-order chi connectivity index (χ0) is 15.9. The van der Waals surface area contributed by atoms with Gasteiger partial charge in [-0.25, -0.2) is 0 Å². The van der Waals surface area contributed by atoms with Crippen LogP contribution in [-0.2, 0) is 0 Å². The van der Waals surface area contributed by atoms with E-state index < -0.39 is 0 Å². The maximum absolute atomic E-state index is 12.2. The van der Waals surface area contributed by atoms with Crippen molar-refractivity contribution in [1.82, 2.24) is 10.2 Å². The maximum atomic E-state index is 12.2. The molecule has 1 aromatic carbocycles. The summed E-state index contributed by atoms with van der Waals surface area (Å²) in [5.74, 6) is -0.174. The molecule has 2 amide bonds. The summed E-state index contributed by atoms with van der Waals surface area (Å²) in [6.45, 7) is 1.39. The molecule has 0 bridgehead atoms. The van der Waals surface area contributed by atoms with E-state index in [9.17, 15) is 9.59 Å². The third-order valence-electron chi connectivity index (χ3n) is 3.18. The van der Waals surface area contributed by atoms with E-state index in [0.29, 0.717) is 22.7 Å². The number of thiophene rings is 1. The lowest BCUT2D eigenvalue weighted by molar-refractivity contribution is 0.0796. The maximum Gasteiger partial charge on any atom is 0.265 e. The van der Waals surface area contributed by atoms with Crippen molar-refractivity contribution in [2.24, 2.45) is 0 Å². The van der Waals surface area contributed by atoms with Crippen molar-refractivity contribution in [3.8, 4) is 0 Å². The Morgan fingerprint density at radius 3 is 2.50 bits per heavy atom. The van der Waals surface area contributed by atoms with Gasteiger partial charge >= 0.3 is 0 Å². The van der Waals surface area contributed by atoms with Crippen LogP contribution in [0.15, 0.2) is 41.8 Å². The molecule has 116 valence electrons. The zero-order valence-electron chi connectivity index (χ0n) is 12.6. The topological polar surface area (TPSA) is 61.4 Å². The number of amides is 2. The highest BCUT2D eigenvalue weighted by atomic mass is 32.1. The molecule has 0 saturated heterocycles. The molecule has 2 aromatic rings. The molecular formula is C16H19N3O2S. The van der Waals surface area contributed by atoms with Crippen LogP contribution in [-0.4, -0.2) is 43.9 Å². The fourth-order valence-corrected chi connectivity index (χ4v) is 2.52. The summed E-state index contributed by atoms with van der Waals surface area (Å²) < 4.78 is 0. The van der Waals surface area contributed by atoms with Crippen molar-refractivity contribution >= 4 is 28.8 Å². The van der Waals surface area contributed by atoms with Gasteiger partial charge in [0.25, 0.3) is 11.8 Å². The van der Waals surface area contributed by atoms with E-state index in [4.69, 9.17) is 0 Å². The number of nitrogens with one attached hydrogen (secondary N) is 2. The van der Waals surface area contributed by atoms with Crippen LogP contribution in [0.3, 0.4) is 0 Å². The molecule has 0 unspecified atom stereocenters. The summed E-state index contributed by atoms with van der Waals surface area (Å²) in [7, 11) is 3.62. The Hall–Kier alpha value is -2.18. The number of hydrogen-bond acceptors (Lipinski definition) is 4. The quantitative estimate of drug-likeness (QED) is 0.859. The minimum absolute atomic E-state index is 0.0358. The predicted molar refractivity (Wildman–Crippen MR) is 89.6 cm³/mol. The molecule has 22 heavy (non-hydrogen) atoms. The number of hydrogen-bond donors (Lipinski definition) is 2. The second kappa shape index (κ2) is 7.72. The SMILES string of the molecule is CNCCN(C)C(=O)c1ccc(NC(=O)c2cccs2)cc1. The lowest BCUT2D eigenvalue weighted by Gasteiger charge is -2.17. The average Bonchev–Trinajstić information content (AvgIpc) is 3.07. The fraction of sp³-hybridized carbons (Fsp3) is 0.250. The van der Waals surface area contributed by atoms with E-state index >= 15 is 0 Å². The summed E-state index contributed by atoms with van der Waals surface area (Å²) in [5, 5.41) is 7.68. The van der Waals surface area contributed by atoms with E-state index in [0.717, 1.165) is 6.54 Å². The summed E-state index contributed by atoms with van der Waals surface area (Å²) in [6, 6.07) is 10.5. The Balaban J connectivity index is 1.98. The molecule has 0 atom stereocenters. The summed E-state index contributed by atoms with van der Waals surface area (Å²) >= 11 is 1.39. The van der Waals surface area contributed by atoms with Gasteiger partial charge in [0.05, 0.1) is 4.88 Å². The van der Waals surface area contributed by atoms with Crippen LogP contribution >= 0.6 is 11.3 Å². The molecule has 5 nitrogen and oxygen atoms in total. The molecule has 0 aliphatic carbocycles. The number of carbonyl (C=O) groups excluding carboxylic acids is 2. The van der Waals surface area contributed by atoms with Gasteiger partial charge < -0.3 is 15.5 Å².